The van der Waals surface area contributed by atoms with Gasteiger partial charge >= 0.3 is 0 Å². The summed E-state index contributed by atoms with van der Waals surface area (Å²) < 4.78 is 5.88. The summed E-state index contributed by atoms with van der Waals surface area (Å²) in [4.78, 5) is 0. The summed E-state index contributed by atoms with van der Waals surface area (Å²) in [6.07, 6.45) is 5.44. The van der Waals surface area contributed by atoms with Gasteiger partial charge in [-0.2, -0.15) is 5.10 Å². The zero-order chi connectivity index (χ0) is 11.4. The van der Waals surface area contributed by atoms with Gasteiger partial charge in [0.2, 0.25) is 0 Å². The van der Waals surface area contributed by atoms with Crippen molar-refractivity contribution in [1.29, 1.82) is 0 Å². The minimum absolute atomic E-state index is 0.381. The zero-order valence-corrected chi connectivity index (χ0v) is 10.3. The molecule has 16 heavy (non-hydrogen) atoms. The maximum absolute atomic E-state index is 5.88. The number of hydrogen-bond acceptors (Lipinski definition) is 3. The van der Waals surface area contributed by atoms with Crippen LogP contribution < -0.4 is 0 Å². The molecule has 0 aliphatic heterocycles. The molecule has 0 aromatic carbocycles. The number of aromatic nitrogens is 2. The molecule has 1 aliphatic rings. The first kappa shape index (κ1) is 11.8. The van der Waals surface area contributed by atoms with E-state index in [0.29, 0.717) is 23.8 Å². The first-order valence-electron chi connectivity index (χ1n) is 5.85. The topological polar surface area (TPSA) is 35.0 Å². The minimum Gasteiger partial charge on any atom is -0.372 e. The van der Waals surface area contributed by atoms with E-state index in [1.165, 1.54) is 25.7 Å². The molecule has 1 aromatic heterocycles. The lowest BCUT2D eigenvalue weighted by Crippen LogP contribution is -2.25. The molecule has 1 saturated carbocycles. The van der Waals surface area contributed by atoms with Crippen LogP contribution in [0.5, 0.6) is 0 Å². The van der Waals surface area contributed by atoms with Gasteiger partial charge in [-0.15, -0.1) is 5.10 Å². The lowest BCUT2D eigenvalue weighted by Gasteiger charge is -2.28. The first-order chi connectivity index (χ1) is 7.75. The Morgan fingerprint density at radius 3 is 2.81 bits per heavy atom. The SMILES string of the molecule is CC1CCCCC1OCc1ccc(Cl)nn1. The van der Waals surface area contributed by atoms with E-state index in [1.54, 1.807) is 6.07 Å². The second-order valence-electron chi connectivity index (χ2n) is 4.46. The summed E-state index contributed by atoms with van der Waals surface area (Å²) in [6, 6.07) is 3.61. The number of hydrogen-bond donors (Lipinski definition) is 0. The fourth-order valence-electron chi connectivity index (χ4n) is 2.14. The second kappa shape index (κ2) is 5.60. The molecule has 0 bridgehead atoms. The third-order valence-corrected chi connectivity index (χ3v) is 3.37. The minimum atomic E-state index is 0.381. The van der Waals surface area contributed by atoms with E-state index in [1.807, 2.05) is 6.07 Å². The number of ether oxygens (including phenoxy) is 1. The Bertz CT molecular complexity index is 328. The van der Waals surface area contributed by atoms with Crippen LogP contribution in [-0.2, 0) is 11.3 Å². The summed E-state index contributed by atoms with van der Waals surface area (Å²) in [5, 5.41) is 8.20. The van der Waals surface area contributed by atoms with E-state index in [2.05, 4.69) is 17.1 Å². The van der Waals surface area contributed by atoms with Gasteiger partial charge in [0.25, 0.3) is 0 Å². The van der Waals surface area contributed by atoms with Gasteiger partial charge in [-0.25, -0.2) is 0 Å². The maximum atomic E-state index is 5.88. The Hall–Kier alpha value is -0.670. The van der Waals surface area contributed by atoms with Gasteiger partial charge in [0.05, 0.1) is 18.4 Å². The lowest BCUT2D eigenvalue weighted by molar-refractivity contribution is -0.0170. The molecule has 88 valence electrons. The first-order valence-corrected chi connectivity index (χ1v) is 6.23. The zero-order valence-electron chi connectivity index (χ0n) is 9.53. The molecule has 0 radical (unpaired) electrons. The molecule has 0 N–H and O–H groups in total. The van der Waals surface area contributed by atoms with Crippen LogP contribution >= 0.6 is 11.6 Å². The highest BCUT2D eigenvalue weighted by Gasteiger charge is 2.21. The van der Waals surface area contributed by atoms with Gasteiger partial charge in [0.1, 0.15) is 0 Å². The average molecular weight is 241 g/mol. The van der Waals surface area contributed by atoms with Crippen molar-refractivity contribution in [2.24, 2.45) is 5.92 Å². The molecule has 0 amide bonds. The Balaban J connectivity index is 1.84. The predicted octanol–water partition coefficient (Wildman–Crippen LogP) is 3.23. The van der Waals surface area contributed by atoms with Gasteiger partial charge in [-0.1, -0.05) is 31.4 Å². The molecule has 1 heterocycles. The molecule has 1 fully saturated rings. The van der Waals surface area contributed by atoms with Crippen LogP contribution in [0.1, 0.15) is 38.3 Å². The van der Waals surface area contributed by atoms with Crippen LogP contribution in [0.4, 0.5) is 0 Å². The Morgan fingerprint density at radius 2 is 2.12 bits per heavy atom. The second-order valence-corrected chi connectivity index (χ2v) is 4.85. The third-order valence-electron chi connectivity index (χ3n) is 3.17. The molecule has 2 unspecified atom stereocenters. The van der Waals surface area contributed by atoms with Crippen LogP contribution in [0.2, 0.25) is 5.15 Å². The molecule has 0 spiro atoms. The van der Waals surface area contributed by atoms with E-state index < -0.39 is 0 Å². The van der Waals surface area contributed by atoms with Gasteiger partial charge in [-0.05, 0) is 30.9 Å². The van der Waals surface area contributed by atoms with E-state index >= 15 is 0 Å². The maximum Gasteiger partial charge on any atom is 0.151 e. The third kappa shape index (κ3) is 3.16. The lowest BCUT2D eigenvalue weighted by atomic mass is 9.88. The van der Waals surface area contributed by atoms with Crippen molar-refractivity contribution in [2.75, 3.05) is 0 Å². The molecule has 2 rings (SSSR count). The Labute approximate surface area is 101 Å². The average Bonchev–Trinajstić information content (AvgIpc) is 2.30. The molecule has 3 nitrogen and oxygen atoms in total. The number of rotatable bonds is 3. The van der Waals surface area contributed by atoms with Gasteiger partial charge in [-0.3, -0.25) is 0 Å². The molecule has 1 aromatic rings. The highest BCUT2D eigenvalue weighted by atomic mass is 35.5. The van der Waals surface area contributed by atoms with E-state index in [0.717, 1.165) is 5.69 Å². The van der Waals surface area contributed by atoms with Crippen molar-refractivity contribution in [1.82, 2.24) is 10.2 Å². The largest absolute Gasteiger partial charge is 0.372 e. The van der Waals surface area contributed by atoms with Crippen molar-refractivity contribution < 1.29 is 4.74 Å². The summed E-state index contributed by atoms with van der Waals surface area (Å²) in [6.45, 7) is 2.80. The number of halogens is 1. The molecule has 4 heteroatoms. The standard InChI is InChI=1S/C12H17ClN2O/c1-9-4-2-3-5-11(9)16-8-10-6-7-12(13)15-14-10/h6-7,9,11H,2-5,8H2,1H3. The quantitative estimate of drug-likeness (QED) is 0.814. The molecule has 1 aliphatic carbocycles. The van der Waals surface area contributed by atoms with E-state index in [4.69, 9.17) is 16.3 Å². The van der Waals surface area contributed by atoms with Crippen molar-refractivity contribution >= 4 is 11.6 Å². The molecular weight excluding hydrogens is 224 g/mol. The highest BCUT2D eigenvalue weighted by Crippen LogP contribution is 2.26. The van der Waals surface area contributed by atoms with Gasteiger partial charge < -0.3 is 4.74 Å². The van der Waals surface area contributed by atoms with Crippen molar-refractivity contribution in [3.8, 4) is 0 Å². The van der Waals surface area contributed by atoms with Crippen molar-refractivity contribution in [3.05, 3.63) is 23.0 Å². The monoisotopic (exact) mass is 240 g/mol. The van der Waals surface area contributed by atoms with Gasteiger partial charge in [0, 0.05) is 0 Å². The van der Waals surface area contributed by atoms with E-state index in [9.17, 15) is 0 Å². The van der Waals surface area contributed by atoms with Crippen LogP contribution in [-0.4, -0.2) is 16.3 Å². The summed E-state index contributed by atoms with van der Waals surface area (Å²) in [7, 11) is 0. The smallest absolute Gasteiger partial charge is 0.151 e. The van der Waals surface area contributed by atoms with Crippen molar-refractivity contribution in [2.45, 2.75) is 45.3 Å². The van der Waals surface area contributed by atoms with E-state index in [-0.39, 0.29) is 0 Å². The summed E-state index contributed by atoms with van der Waals surface area (Å²) >= 11 is 5.67. The normalized spacial score (nSPS) is 25.6. The number of nitrogens with zero attached hydrogens (tertiary/aromatic N) is 2. The summed E-state index contributed by atoms with van der Waals surface area (Å²) in [5.41, 5.74) is 0.849. The summed E-state index contributed by atoms with van der Waals surface area (Å²) in [5.74, 6) is 0.661. The fourth-order valence-corrected chi connectivity index (χ4v) is 2.24. The Morgan fingerprint density at radius 1 is 1.31 bits per heavy atom. The van der Waals surface area contributed by atoms with Crippen molar-refractivity contribution in [3.63, 3.8) is 0 Å². The van der Waals surface area contributed by atoms with Crippen LogP contribution in [0, 0.1) is 5.92 Å². The predicted molar refractivity (Wildman–Crippen MR) is 63.3 cm³/mol. The highest BCUT2D eigenvalue weighted by molar-refractivity contribution is 6.29. The molecule has 2 atom stereocenters. The van der Waals surface area contributed by atoms with Crippen LogP contribution in [0.3, 0.4) is 0 Å². The van der Waals surface area contributed by atoms with Gasteiger partial charge in [0.15, 0.2) is 5.15 Å². The molecular formula is C12H17ClN2O. The molecule has 0 saturated heterocycles. The fraction of sp³-hybridized carbons (Fsp3) is 0.667. The Kier molecular flexibility index (Phi) is 4.13. The van der Waals surface area contributed by atoms with Crippen LogP contribution in [0.15, 0.2) is 12.1 Å². The van der Waals surface area contributed by atoms with Crippen LogP contribution in [0.25, 0.3) is 0 Å².